The molecular weight excluding hydrogens is 374 g/mol. The van der Waals surface area contributed by atoms with Gasteiger partial charge in [-0.05, 0) is 44.5 Å². The third-order valence-corrected chi connectivity index (χ3v) is 5.24. The molecule has 0 aliphatic heterocycles. The van der Waals surface area contributed by atoms with E-state index in [-0.39, 0.29) is 11.8 Å². The summed E-state index contributed by atoms with van der Waals surface area (Å²) in [6.07, 6.45) is 4.02. The molecule has 0 saturated carbocycles. The predicted octanol–water partition coefficient (Wildman–Crippen LogP) is 3.77. The highest BCUT2D eigenvalue weighted by Crippen LogP contribution is 2.14. The molecule has 0 bridgehead atoms. The van der Waals surface area contributed by atoms with Crippen molar-refractivity contribution in [1.29, 1.82) is 0 Å². The minimum absolute atomic E-state index is 0.138. The first-order chi connectivity index (χ1) is 13.5. The van der Waals surface area contributed by atoms with Crippen LogP contribution in [0.3, 0.4) is 0 Å². The van der Waals surface area contributed by atoms with Gasteiger partial charge in [0.15, 0.2) is 4.80 Å². The van der Waals surface area contributed by atoms with Crippen molar-refractivity contribution in [2.75, 3.05) is 0 Å². The average Bonchev–Trinajstić information content (AvgIpc) is 3.31. The Morgan fingerprint density at radius 2 is 1.96 bits per heavy atom. The van der Waals surface area contributed by atoms with Crippen molar-refractivity contribution in [1.82, 2.24) is 9.88 Å². The Balaban J connectivity index is 1.85. The third-order valence-electron chi connectivity index (χ3n) is 4.33. The van der Waals surface area contributed by atoms with Gasteiger partial charge in [-0.1, -0.05) is 24.6 Å². The molecular formula is C21H23N3O3S. The molecule has 2 amide bonds. The van der Waals surface area contributed by atoms with Crippen LogP contribution in [0, 0.1) is 13.8 Å². The monoisotopic (exact) mass is 397 g/mol. The van der Waals surface area contributed by atoms with Crippen molar-refractivity contribution in [3.05, 3.63) is 75.4 Å². The highest BCUT2D eigenvalue weighted by Gasteiger charge is 2.20. The molecule has 28 heavy (non-hydrogen) atoms. The zero-order valence-corrected chi connectivity index (χ0v) is 17.0. The van der Waals surface area contributed by atoms with Gasteiger partial charge in [0, 0.05) is 16.6 Å². The number of nitrogens with one attached hydrogen (secondary N) is 1. The Morgan fingerprint density at radius 1 is 1.21 bits per heavy atom. The zero-order valence-electron chi connectivity index (χ0n) is 16.1. The van der Waals surface area contributed by atoms with Gasteiger partial charge in [0.2, 0.25) is 5.91 Å². The van der Waals surface area contributed by atoms with Crippen LogP contribution in [-0.4, -0.2) is 16.4 Å². The van der Waals surface area contributed by atoms with E-state index in [1.54, 1.807) is 29.0 Å². The van der Waals surface area contributed by atoms with E-state index in [0.29, 0.717) is 29.1 Å². The molecule has 0 radical (unpaired) electrons. The molecule has 0 fully saturated rings. The van der Waals surface area contributed by atoms with Gasteiger partial charge >= 0.3 is 0 Å². The molecule has 1 unspecified atom stereocenters. The van der Waals surface area contributed by atoms with Crippen LogP contribution in [0.25, 0.3) is 0 Å². The van der Waals surface area contributed by atoms with Crippen LogP contribution in [-0.2, 0) is 11.3 Å². The maximum Gasteiger partial charge on any atom is 0.279 e. The maximum absolute atomic E-state index is 12.7. The van der Waals surface area contributed by atoms with Crippen LogP contribution < -0.4 is 10.1 Å². The standard InChI is InChI=1S/C21H23N3O3S/c1-4-18(20(26)22-12-17-6-5-11-27-17)24-13-15(3)28-21(24)23-19(25)16-9-7-14(2)8-10-16/h5-11,13,18H,4,12H2,1-3H3,(H,22,26). The lowest BCUT2D eigenvalue weighted by Crippen LogP contribution is -2.35. The Morgan fingerprint density at radius 3 is 2.61 bits per heavy atom. The summed E-state index contributed by atoms with van der Waals surface area (Å²) in [5.41, 5.74) is 1.61. The van der Waals surface area contributed by atoms with Crippen LogP contribution in [0.4, 0.5) is 0 Å². The smallest absolute Gasteiger partial charge is 0.279 e. The Hall–Kier alpha value is -2.93. The normalized spacial score (nSPS) is 12.8. The largest absolute Gasteiger partial charge is 0.467 e. The van der Waals surface area contributed by atoms with Gasteiger partial charge in [0.05, 0.1) is 12.8 Å². The molecule has 1 N–H and O–H groups in total. The number of amides is 2. The number of thiazole rings is 1. The van der Waals surface area contributed by atoms with Gasteiger partial charge in [0.1, 0.15) is 11.8 Å². The summed E-state index contributed by atoms with van der Waals surface area (Å²) in [7, 11) is 0. The van der Waals surface area contributed by atoms with Crippen molar-refractivity contribution >= 4 is 23.2 Å². The second-order valence-corrected chi connectivity index (χ2v) is 7.75. The number of hydrogen-bond donors (Lipinski definition) is 1. The first kappa shape index (κ1) is 19.8. The molecule has 146 valence electrons. The van der Waals surface area contributed by atoms with Gasteiger partial charge in [-0.3, -0.25) is 9.59 Å². The van der Waals surface area contributed by atoms with Crippen LogP contribution >= 0.6 is 11.3 Å². The van der Waals surface area contributed by atoms with E-state index in [0.717, 1.165) is 10.4 Å². The SMILES string of the molecule is CCC(C(=O)NCc1ccco1)n1cc(C)sc1=NC(=O)c1ccc(C)cc1. The topological polar surface area (TPSA) is 76.6 Å². The molecule has 3 rings (SSSR count). The molecule has 0 spiro atoms. The number of nitrogens with zero attached hydrogens (tertiary/aromatic N) is 2. The van der Waals surface area contributed by atoms with E-state index < -0.39 is 6.04 Å². The predicted molar refractivity (Wildman–Crippen MR) is 108 cm³/mol. The van der Waals surface area contributed by atoms with Gasteiger partial charge in [-0.15, -0.1) is 11.3 Å². The Kier molecular flexibility index (Phi) is 6.26. The van der Waals surface area contributed by atoms with E-state index in [2.05, 4.69) is 10.3 Å². The molecule has 1 aromatic carbocycles. The first-order valence-corrected chi connectivity index (χ1v) is 9.94. The van der Waals surface area contributed by atoms with Gasteiger partial charge in [0.25, 0.3) is 5.91 Å². The molecule has 7 heteroatoms. The van der Waals surface area contributed by atoms with Crippen LogP contribution in [0.5, 0.6) is 0 Å². The van der Waals surface area contributed by atoms with Crippen LogP contribution in [0.2, 0.25) is 0 Å². The molecule has 2 heterocycles. The lowest BCUT2D eigenvalue weighted by molar-refractivity contribution is -0.124. The molecule has 1 atom stereocenters. The lowest BCUT2D eigenvalue weighted by Gasteiger charge is -2.16. The van der Waals surface area contributed by atoms with E-state index in [1.165, 1.54) is 11.3 Å². The van der Waals surface area contributed by atoms with Crippen LogP contribution in [0.15, 0.2) is 58.3 Å². The van der Waals surface area contributed by atoms with Gasteiger partial charge in [-0.2, -0.15) is 4.99 Å². The summed E-state index contributed by atoms with van der Waals surface area (Å²) in [4.78, 5) is 31.1. The summed E-state index contributed by atoms with van der Waals surface area (Å²) in [6.45, 7) is 6.16. The minimum Gasteiger partial charge on any atom is -0.467 e. The average molecular weight is 398 g/mol. The van der Waals surface area contributed by atoms with E-state index in [9.17, 15) is 9.59 Å². The molecule has 2 aromatic heterocycles. The number of furan rings is 1. The number of aryl methyl sites for hydroxylation is 2. The quantitative estimate of drug-likeness (QED) is 0.688. The van der Waals surface area contributed by atoms with Gasteiger partial charge < -0.3 is 14.3 Å². The summed E-state index contributed by atoms with van der Waals surface area (Å²) in [5, 5.41) is 2.89. The lowest BCUT2D eigenvalue weighted by atomic mass is 10.1. The molecule has 3 aromatic rings. The number of carbonyl (C=O) groups excluding carboxylic acids is 2. The van der Waals surface area contributed by atoms with E-state index in [4.69, 9.17) is 4.42 Å². The summed E-state index contributed by atoms with van der Waals surface area (Å²) < 4.78 is 7.04. The van der Waals surface area contributed by atoms with Crippen LogP contribution in [0.1, 0.15) is 45.9 Å². The first-order valence-electron chi connectivity index (χ1n) is 9.12. The summed E-state index contributed by atoms with van der Waals surface area (Å²) in [6, 6.07) is 10.4. The van der Waals surface area contributed by atoms with Crippen molar-refractivity contribution in [2.45, 2.75) is 39.8 Å². The van der Waals surface area contributed by atoms with Crippen molar-refractivity contribution in [3.8, 4) is 0 Å². The Labute approximate surface area is 167 Å². The number of rotatable bonds is 6. The van der Waals surface area contributed by atoms with E-state index >= 15 is 0 Å². The molecule has 0 aliphatic rings. The molecule has 0 aliphatic carbocycles. The second kappa shape index (κ2) is 8.84. The zero-order chi connectivity index (χ0) is 20.1. The Bertz CT molecular complexity index is 1010. The second-order valence-electron chi connectivity index (χ2n) is 6.54. The van der Waals surface area contributed by atoms with E-state index in [1.807, 2.05) is 45.2 Å². The highest BCUT2D eigenvalue weighted by atomic mass is 32.1. The maximum atomic E-state index is 12.7. The molecule has 0 saturated heterocycles. The number of hydrogen-bond acceptors (Lipinski definition) is 4. The highest BCUT2D eigenvalue weighted by molar-refractivity contribution is 7.09. The fourth-order valence-corrected chi connectivity index (χ4v) is 3.71. The summed E-state index contributed by atoms with van der Waals surface area (Å²) >= 11 is 1.39. The summed E-state index contributed by atoms with van der Waals surface area (Å²) in [5.74, 6) is 0.233. The fraction of sp³-hybridized carbons (Fsp3) is 0.286. The van der Waals surface area contributed by atoms with Gasteiger partial charge in [-0.25, -0.2) is 0 Å². The number of benzene rings is 1. The minimum atomic E-state index is -0.454. The third kappa shape index (κ3) is 4.67. The molecule has 6 nitrogen and oxygen atoms in total. The fourth-order valence-electron chi connectivity index (χ4n) is 2.84. The number of carbonyl (C=O) groups is 2. The number of aromatic nitrogens is 1. The van der Waals surface area contributed by atoms with Crippen molar-refractivity contribution in [3.63, 3.8) is 0 Å². The van der Waals surface area contributed by atoms with Crippen molar-refractivity contribution < 1.29 is 14.0 Å². The van der Waals surface area contributed by atoms with Crippen molar-refractivity contribution in [2.24, 2.45) is 4.99 Å².